The van der Waals surface area contributed by atoms with E-state index in [4.69, 9.17) is 0 Å². The minimum absolute atomic E-state index is 0.0705. The second-order valence-corrected chi connectivity index (χ2v) is 3.82. The van der Waals surface area contributed by atoms with Crippen LogP contribution in [0, 0.1) is 10.1 Å². The van der Waals surface area contributed by atoms with Crippen molar-refractivity contribution < 1.29 is 14.5 Å². The quantitative estimate of drug-likeness (QED) is 0.596. The Kier molecular flexibility index (Phi) is 2.08. The summed E-state index contributed by atoms with van der Waals surface area (Å²) in [7, 11) is 0. The second-order valence-electron chi connectivity index (χ2n) is 2.73. The number of carbonyl (C=O) groups excluding carboxylic acids is 1. The number of hydrogen-bond acceptors (Lipinski definition) is 5. The molecule has 0 spiro atoms. The molecule has 1 aliphatic heterocycles. The molecule has 74 valence electrons. The van der Waals surface area contributed by atoms with Gasteiger partial charge in [0.25, 0.3) is 0 Å². The number of rotatable bonds is 2. The lowest BCUT2D eigenvalue weighted by atomic mass is 10.3. The summed E-state index contributed by atoms with van der Waals surface area (Å²) in [5.41, 5.74) is 0. The molecule has 1 atom stereocenters. The molecule has 1 N–H and O–H groups in total. The summed E-state index contributed by atoms with van der Waals surface area (Å²) in [6.07, 6.45) is -0.481. The Morgan fingerprint density at radius 2 is 2.43 bits per heavy atom. The highest BCUT2D eigenvalue weighted by Crippen LogP contribution is 2.30. The Balaban J connectivity index is 2.17. The van der Waals surface area contributed by atoms with Gasteiger partial charge in [-0.3, -0.25) is 10.1 Å². The average molecular weight is 214 g/mol. The van der Waals surface area contributed by atoms with E-state index in [1.54, 1.807) is 6.07 Å². The van der Waals surface area contributed by atoms with Gasteiger partial charge < -0.3 is 10.1 Å². The monoisotopic (exact) mass is 214 g/mol. The minimum Gasteiger partial charge on any atom is -0.447 e. The maximum Gasteiger partial charge on any atom is 0.407 e. The van der Waals surface area contributed by atoms with Gasteiger partial charge in [0.2, 0.25) is 0 Å². The van der Waals surface area contributed by atoms with Gasteiger partial charge in [0, 0.05) is 10.9 Å². The molecule has 0 radical (unpaired) electrons. The van der Waals surface area contributed by atoms with Gasteiger partial charge in [0.05, 0.1) is 4.92 Å². The Hall–Kier alpha value is -1.63. The molecule has 0 aliphatic carbocycles. The van der Waals surface area contributed by atoms with Crippen molar-refractivity contribution in [1.82, 2.24) is 5.32 Å². The smallest absolute Gasteiger partial charge is 0.407 e. The molecule has 1 saturated heterocycles. The van der Waals surface area contributed by atoms with Crippen LogP contribution in [0.25, 0.3) is 0 Å². The van der Waals surface area contributed by atoms with Gasteiger partial charge >= 0.3 is 11.1 Å². The fourth-order valence-electron chi connectivity index (χ4n) is 1.17. The first-order valence-electron chi connectivity index (χ1n) is 3.84. The normalized spacial score (nSPS) is 20.3. The van der Waals surface area contributed by atoms with Crippen molar-refractivity contribution in [2.45, 2.75) is 6.04 Å². The summed E-state index contributed by atoms with van der Waals surface area (Å²) in [6, 6.07) is 2.80. The molecule has 1 fully saturated rings. The van der Waals surface area contributed by atoms with E-state index >= 15 is 0 Å². The van der Waals surface area contributed by atoms with Gasteiger partial charge in [-0.05, 0) is 6.07 Å². The number of ether oxygens (including phenoxy) is 1. The van der Waals surface area contributed by atoms with E-state index in [0.717, 1.165) is 16.2 Å². The number of alkyl carbamates (subject to hydrolysis) is 1. The molecule has 1 unspecified atom stereocenters. The summed E-state index contributed by atoms with van der Waals surface area (Å²) in [6.45, 7) is 0.233. The van der Waals surface area contributed by atoms with Crippen molar-refractivity contribution in [2.75, 3.05) is 6.61 Å². The van der Waals surface area contributed by atoms with Gasteiger partial charge in [-0.1, -0.05) is 11.3 Å². The summed E-state index contributed by atoms with van der Waals surface area (Å²) >= 11 is 1.05. The fraction of sp³-hybridized carbons (Fsp3) is 0.286. The predicted molar refractivity (Wildman–Crippen MR) is 48.2 cm³/mol. The summed E-state index contributed by atoms with van der Waals surface area (Å²) < 4.78 is 4.68. The number of thiophene rings is 1. The number of carbonyl (C=O) groups is 1. The molecule has 1 aromatic heterocycles. The van der Waals surface area contributed by atoms with Gasteiger partial charge in [-0.2, -0.15) is 0 Å². The van der Waals surface area contributed by atoms with E-state index < -0.39 is 11.0 Å². The van der Waals surface area contributed by atoms with E-state index in [9.17, 15) is 14.9 Å². The summed E-state index contributed by atoms with van der Waals surface area (Å²) in [4.78, 5) is 21.4. The number of hydrogen-bond donors (Lipinski definition) is 1. The van der Waals surface area contributed by atoms with E-state index in [-0.39, 0.29) is 17.6 Å². The van der Waals surface area contributed by atoms with E-state index in [0.29, 0.717) is 0 Å². The zero-order valence-electron chi connectivity index (χ0n) is 6.93. The molecular formula is C7H6N2O4S. The maximum atomic E-state index is 10.7. The third-order valence-electron chi connectivity index (χ3n) is 1.81. The highest BCUT2D eigenvalue weighted by Gasteiger charge is 2.26. The molecule has 6 nitrogen and oxygen atoms in total. The summed E-state index contributed by atoms with van der Waals surface area (Å²) in [5.74, 6) is 0. The largest absolute Gasteiger partial charge is 0.447 e. The first kappa shape index (κ1) is 8.95. The number of nitro groups is 1. The Morgan fingerprint density at radius 1 is 1.64 bits per heavy atom. The molecule has 1 aliphatic rings. The zero-order chi connectivity index (χ0) is 10.1. The average Bonchev–Trinajstić information content (AvgIpc) is 2.70. The Morgan fingerprint density at radius 3 is 2.93 bits per heavy atom. The second kappa shape index (κ2) is 3.26. The van der Waals surface area contributed by atoms with Crippen LogP contribution in [0.5, 0.6) is 0 Å². The van der Waals surface area contributed by atoms with Crippen LogP contribution in [0.2, 0.25) is 0 Å². The van der Waals surface area contributed by atoms with Crippen molar-refractivity contribution >= 4 is 22.4 Å². The molecule has 7 heteroatoms. The standard InChI is InChI=1S/C7H6N2O4S/c10-7-8-4(3-13-7)5-1-2-6(14-5)9(11)12/h1-2,4H,3H2,(H,8,10). The first-order valence-corrected chi connectivity index (χ1v) is 4.66. The van der Waals surface area contributed by atoms with Gasteiger partial charge in [0.1, 0.15) is 12.6 Å². The molecule has 0 bridgehead atoms. The highest BCUT2D eigenvalue weighted by molar-refractivity contribution is 7.15. The van der Waals surface area contributed by atoms with Crippen molar-refractivity contribution in [3.05, 3.63) is 27.1 Å². The van der Waals surface area contributed by atoms with Crippen LogP contribution in [0.1, 0.15) is 10.9 Å². The van der Waals surface area contributed by atoms with Crippen LogP contribution in [0.3, 0.4) is 0 Å². The number of nitrogens with zero attached hydrogens (tertiary/aromatic N) is 1. The first-order chi connectivity index (χ1) is 6.66. The van der Waals surface area contributed by atoms with Crippen molar-refractivity contribution in [3.8, 4) is 0 Å². The SMILES string of the molecule is O=C1NC(c2ccc([N+](=O)[O-])s2)CO1. The molecule has 1 aromatic rings. The molecule has 1 amide bonds. The third-order valence-corrected chi connectivity index (χ3v) is 2.96. The lowest BCUT2D eigenvalue weighted by Gasteiger charge is -2.00. The lowest BCUT2D eigenvalue weighted by molar-refractivity contribution is -0.380. The van der Waals surface area contributed by atoms with Crippen molar-refractivity contribution in [3.63, 3.8) is 0 Å². The highest BCUT2D eigenvalue weighted by atomic mass is 32.1. The zero-order valence-corrected chi connectivity index (χ0v) is 7.74. The molecule has 2 rings (SSSR count). The molecule has 14 heavy (non-hydrogen) atoms. The molecule has 0 aromatic carbocycles. The molecular weight excluding hydrogens is 208 g/mol. The minimum atomic E-state index is -0.481. The molecule has 0 saturated carbocycles. The van der Waals surface area contributed by atoms with Gasteiger partial charge in [-0.15, -0.1) is 0 Å². The Labute approximate surface area is 82.6 Å². The topological polar surface area (TPSA) is 81.5 Å². The van der Waals surface area contributed by atoms with E-state index in [1.807, 2.05) is 0 Å². The Bertz CT molecular complexity index is 389. The van der Waals surface area contributed by atoms with Crippen LogP contribution in [-0.4, -0.2) is 17.6 Å². The predicted octanol–water partition coefficient (Wildman–Crippen LogP) is 1.44. The van der Waals surface area contributed by atoms with E-state index in [1.165, 1.54) is 6.07 Å². The van der Waals surface area contributed by atoms with Gasteiger partial charge in [-0.25, -0.2) is 4.79 Å². The van der Waals surface area contributed by atoms with Crippen LogP contribution >= 0.6 is 11.3 Å². The van der Waals surface area contributed by atoms with E-state index in [2.05, 4.69) is 10.1 Å². The third kappa shape index (κ3) is 1.53. The van der Waals surface area contributed by atoms with Crippen LogP contribution < -0.4 is 5.32 Å². The van der Waals surface area contributed by atoms with Crippen molar-refractivity contribution in [1.29, 1.82) is 0 Å². The van der Waals surface area contributed by atoms with Crippen LogP contribution in [0.4, 0.5) is 9.80 Å². The summed E-state index contributed by atoms with van der Waals surface area (Å²) in [5, 5.41) is 13.0. The molecule has 2 heterocycles. The van der Waals surface area contributed by atoms with Crippen LogP contribution in [-0.2, 0) is 4.74 Å². The maximum absolute atomic E-state index is 10.7. The van der Waals surface area contributed by atoms with Crippen molar-refractivity contribution in [2.24, 2.45) is 0 Å². The number of cyclic esters (lactones) is 1. The number of amides is 1. The lowest BCUT2D eigenvalue weighted by Crippen LogP contribution is -2.17. The van der Waals surface area contributed by atoms with Crippen LogP contribution in [0.15, 0.2) is 12.1 Å². The fourth-order valence-corrected chi connectivity index (χ4v) is 2.02. The number of nitrogens with one attached hydrogen (secondary N) is 1. The van der Waals surface area contributed by atoms with Gasteiger partial charge in [0.15, 0.2) is 0 Å².